The van der Waals surface area contributed by atoms with E-state index in [1.165, 1.54) is 6.92 Å². The molecule has 0 aromatic heterocycles. The zero-order chi connectivity index (χ0) is 14.0. The molecule has 1 aromatic rings. The van der Waals surface area contributed by atoms with Crippen LogP contribution in [0.3, 0.4) is 0 Å². The number of benzene rings is 1. The average molecular weight is 260 g/mol. The maximum absolute atomic E-state index is 12.5. The molecule has 0 amide bonds. The molecule has 0 radical (unpaired) electrons. The van der Waals surface area contributed by atoms with Crippen molar-refractivity contribution in [3.05, 3.63) is 35.4 Å². The zero-order valence-corrected chi connectivity index (χ0v) is 10.9. The van der Waals surface area contributed by atoms with Gasteiger partial charge in [0.1, 0.15) is 0 Å². The van der Waals surface area contributed by atoms with E-state index in [9.17, 15) is 18.3 Å². The van der Waals surface area contributed by atoms with Crippen molar-refractivity contribution < 1.29 is 18.3 Å². The van der Waals surface area contributed by atoms with Crippen LogP contribution in [0.4, 0.5) is 13.2 Å². The predicted molar refractivity (Wildman–Crippen MR) is 65.2 cm³/mol. The highest BCUT2D eigenvalue weighted by Gasteiger charge is 2.40. The van der Waals surface area contributed by atoms with Crippen molar-refractivity contribution >= 4 is 0 Å². The van der Waals surface area contributed by atoms with Crippen LogP contribution in [0.2, 0.25) is 0 Å². The minimum atomic E-state index is -4.38. The molecule has 1 nitrogen and oxygen atoms in total. The van der Waals surface area contributed by atoms with Gasteiger partial charge < -0.3 is 5.11 Å². The van der Waals surface area contributed by atoms with E-state index >= 15 is 0 Å². The van der Waals surface area contributed by atoms with E-state index in [1.54, 1.807) is 24.3 Å². The van der Waals surface area contributed by atoms with Crippen molar-refractivity contribution in [3.8, 4) is 0 Å². The van der Waals surface area contributed by atoms with Gasteiger partial charge in [-0.15, -0.1) is 0 Å². The van der Waals surface area contributed by atoms with Gasteiger partial charge in [-0.2, -0.15) is 13.2 Å². The van der Waals surface area contributed by atoms with Crippen LogP contribution in [-0.2, 0) is 12.0 Å². The van der Waals surface area contributed by atoms with E-state index in [-0.39, 0.29) is 0 Å². The monoisotopic (exact) mass is 260 g/mol. The van der Waals surface area contributed by atoms with Gasteiger partial charge in [0.15, 0.2) is 0 Å². The van der Waals surface area contributed by atoms with Gasteiger partial charge in [0, 0.05) is 0 Å². The van der Waals surface area contributed by atoms with Gasteiger partial charge in [0.05, 0.1) is 12.0 Å². The Kier molecular flexibility index (Phi) is 4.43. The highest BCUT2D eigenvalue weighted by atomic mass is 19.4. The van der Waals surface area contributed by atoms with E-state index in [2.05, 4.69) is 0 Å². The molecule has 0 saturated carbocycles. The predicted octanol–water partition coefficient (Wildman–Crippen LogP) is 4.05. The summed E-state index contributed by atoms with van der Waals surface area (Å²) in [6.45, 7) is 5.21. The Hall–Kier alpha value is -1.03. The molecule has 0 aliphatic carbocycles. The second kappa shape index (κ2) is 5.31. The fraction of sp³-hybridized carbons (Fsp3) is 0.571. The molecule has 4 heteroatoms. The molecule has 1 atom stereocenters. The quantitative estimate of drug-likeness (QED) is 0.866. The van der Waals surface area contributed by atoms with Crippen LogP contribution < -0.4 is 0 Å². The molecular weight excluding hydrogens is 241 g/mol. The Bertz CT molecular complexity index is 394. The Morgan fingerprint density at radius 1 is 1.17 bits per heavy atom. The van der Waals surface area contributed by atoms with Crippen molar-refractivity contribution in [3.63, 3.8) is 0 Å². The van der Waals surface area contributed by atoms with Crippen LogP contribution in [0.1, 0.15) is 38.3 Å². The van der Waals surface area contributed by atoms with Crippen molar-refractivity contribution in [2.45, 2.75) is 45.4 Å². The summed E-state index contributed by atoms with van der Waals surface area (Å²) in [5.74, 6) is 0.327. The fourth-order valence-corrected chi connectivity index (χ4v) is 2.15. The summed E-state index contributed by atoms with van der Waals surface area (Å²) < 4.78 is 37.4. The van der Waals surface area contributed by atoms with Gasteiger partial charge in [-0.3, -0.25) is 0 Å². The van der Waals surface area contributed by atoms with E-state index in [1.807, 2.05) is 13.8 Å². The Labute approximate surface area is 106 Å². The molecule has 0 bridgehead atoms. The minimum Gasteiger partial charge on any atom is -0.385 e. The van der Waals surface area contributed by atoms with Gasteiger partial charge in [-0.25, -0.2) is 0 Å². The molecule has 0 heterocycles. The van der Waals surface area contributed by atoms with Gasteiger partial charge in [-0.1, -0.05) is 38.1 Å². The van der Waals surface area contributed by atoms with Gasteiger partial charge in [0.2, 0.25) is 0 Å². The summed E-state index contributed by atoms with van der Waals surface area (Å²) in [6.07, 6.45) is -4.95. The van der Waals surface area contributed by atoms with Crippen LogP contribution in [0.5, 0.6) is 0 Å². The fourth-order valence-electron chi connectivity index (χ4n) is 2.15. The third-order valence-corrected chi connectivity index (χ3v) is 2.77. The largest absolute Gasteiger partial charge is 0.392 e. The van der Waals surface area contributed by atoms with Crippen molar-refractivity contribution in [2.24, 2.45) is 5.92 Å². The number of rotatable bonds is 4. The molecule has 0 aliphatic rings. The molecule has 1 N–H and O–H groups in total. The number of halogens is 3. The lowest BCUT2D eigenvalue weighted by Crippen LogP contribution is -2.30. The average Bonchev–Trinajstić information content (AvgIpc) is 2.13. The number of hydrogen-bond donors (Lipinski definition) is 1. The van der Waals surface area contributed by atoms with Crippen LogP contribution >= 0.6 is 0 Å². The highest BCUT2D eigenvalue weighted by Crippen LogP contribution is 2.36. The summed E-state index contributed by atoms with van der Waals surface area (Å²) in [5, 5.41) is 10.1. The highest BCUT2D eigenvalue weighted by molar-refractivity contribution is 5.32. The Balaban J connectivity index is 3.07. The molecular formula is C14H19F3O. The lowest BCUT2D eigenvalue weighted by molar-refractivity contribution is -0.174. The second-order valence-corrected chi connectivity index (χ2v) is 5.32. The van der Waals surface area contributed by atoms with E-state index in [0.717, 1.165) is 5.56 Å². The minimum absolute atomic E-state index is 0.327. The first kappa shape index (κ1) is 15.0. The number of alkyl halides is 3. The first-order chi connectivity index (χ1) is 8.12. The topological polar surface area (TPSA) is 20.2 Å². The van der Waals surface area contributed by atoms with E-state index < -0.39 is 18.2 Å². The number of aliphatic hydroxyl groups is 1. The summed E-state index contributed by atoms with van der Waals surface area (Å²) in [5.41, 5.74) is -0.721. The Morgan fingerprint density at radius 2 is 1.72 bits per heavy atom. The number of hydrogen-bond acceptors (Lipinski definition) is 1. The van der Waals surface area contributed by atoms with Crippen LogP contribution in [0.25, 0.3) is 0 Å². The molecule has 1 unspecified atom stereocenters. The van der Waals surface area contributed by atoms with Crippen molar-refractivity contribution in [1.82, 2.24) is 0 Å². The summed E-state index contributed by atoms with van der Waals surface area (Å²) in [4.78, 5) is 0. The third-order valence-electron chi connectivity index (χ3n) is 2.77. The maximum Gasteiger partial charge on any atom is 0.392 e. The van der Waals surface area contributed by atoms with Gasteiger partial charge in [0.25, 0.3) is 0 Å². The van der Waals surface area contributed by atoms with Crippen molar-refractivity contribution in [1.29, 1.82) is 0 Å². The molecule has 102 valence electrons. The zero-order valence-electron chi connectivity index (χ0n) is 10.9. The normalized spacial score (nSPS) is 15.8. The smallest absolute Gasteiger partial charge is 0.385 e. The molecule has 18 heavy (non-hydrogen) atoms. The van der Waals surface area contributed by atoms with E-state index in [0.29, 0.717) is 17.9 Å². The van der Waals surface area contributed by atoms with E-state index in [4.69, 9.17) is 0 Å². The third kappa shape index (κ3) is 4.33. The van der Waals surface area contributed by atoms with Crippen LogP contribution in [-0.4, -0.2) is 11.3 Å². The van der Waals surface area contributed by atoms with Crippen LogP contribution in [0, 0.1) is 5.92 Å². The first-order valence-electron chi connectivity index (χ1n) is 5.99. The summed E-state index contributed by atoms with van der Waals surface area (Å²) in [6, 6.07) is 6.79. The maximum atomic E-state index is 12.5. The lowest BCUT2D eigenvalue weighted by atomic mass is 9.85. The summed E-state index contributed by atoms with van der Waals surface area (Å²) >= 11 is 0. The lowest BCUT2D eigenvalue weighted by Gasteiger charge is -2.28. The molecule has 0 aliphatic heterocycles. The molecule has 0 saturated heterocycles. The first-order valence-corrected chi connectivity index (χ1v) is 5.99. The van der Waals surface area contributed by atoms with Crippen LogP contribution in [0.15, 0.2) is 24.3 Å². The molecule has 1 aromatic carbocycles. The molecule has 0 spiro atoms. The Morgan fingerprint density at radius 3 is 2.22 bits per heavy atom. The van der Waals surface area contributed by atoms with Crippen molar-refractivity contribution in [2.75, 3.05) is 0 Å². The molecule has 0 fully saturated rings. The van der Waals surface area contributed by atoms with Gasteiger partial charge >= 0.3 is 6.18 Å². The molecule has 1 rings (SSSR count). The second-order valence-electron chi connectivity index (χ2n) is 5.32. The van der Waals surface area contributed by atoms with Gasteiger partial charge in [-0.05, 0) is 30.4 Å². The standard InChI is InChI=1S/C14H19F3O/c1-10(2)8-11-6-4-5-7-12(11)13(3,18)9-14(15,16)17/h4-7,10,18H,8-9H2,1-3H3. The summed E-state index contributed by atoms with van der Waals surface area (Å²) in [7, 11) is 0. The SMILES string of the molecule is CC(C)Cc1ccccc1C(C)(O)CC(F)(F)F.